The van der Waals surface area contributed by atoms with E-state index in [9.17, 15) is 0 Å². The molecule has 0 spiro atoms. The first-order valence-corrected chi connectivity index (χ1v) is 6.23. The van der Waals surface area contributed by atoms with Gasteiger partial charge in [0.1, 0.15) is 0 Å². The summed E-state index contributed by atoms with van der Waals surface area (Å²) < 4.78 is 5.27. The van der Waals surface area contributed by atoms with Crippen molar-refractivity contribution in [3.63, 3.8) is 0 Å². The highest BCUT2D eigenvalue weighted by atomic mass is 32.2. The molecule has 4 nitrogen and oxygen atoms in total. The molecule has 1 rings (SSSR count). The van der Waals surface area contributed by atoms with Gasteiger partial charge in [-0.1, -0.05) is 5.92 Å². The average molecular weight is 237 g/mol. The third kappa shape index (κ3) is 4.89. The number of ether oxygens (including phenoxy) is 1. The van der Waals surface area contributed by atoms with Crippen molar-refractivity contribution < 1.29 is 4.74 Å². The smallest absolute Gasteiger partial charge is 0.225 e. The molecule has 0 fully saturated rings. The van der Waals surface area contributed by atoms with E-state index in [1.807, 2.05) is 6.92 Å². The number of rotatable bonds is 7. The van der Waals surface area contributed by atoms with Crippen molar-refractivity contribution in [3.8, 4) is 18.2 Å². The van der Waals surface area contributed by atoms with Gasteiger partial charge in [-0.05, 0) is 6.92 Å². The summed E-state index contributed by atoms with van der Waals surface area (Å²) in [6.45, 7) is 3.32. The molecule has 16 heavy (non-hydrogen) atoms. The molecule has 86 valence electrons. The minimum absolute atomic E-state index is 0.590. The van der Waals surface area contributed by atoms with Crippen molar-refractivity contribution in [3.05, 3.63) is 12.3 Å². The van der Waals surface area contributed by atoms with Gasteiger partial charge in [-0.2, -0.15) is 4.98 Å². The van der Waals surface area contributed by atoms with Crippen molar-refractivity contribution in [2.24, 2.45) is 0 Å². The Labute approximate surface area is 100 Å². The lowest BCUT2D eigenvalue weighted by atomic mass is 10.6. The number of hydrogen-bond donors (Lipinski definition) is 1. The van der Waals surface area contributed by atoms with E-state index in [2.05, 4.69) is 21.2 Å². The standard InChI is InChI=1S/C11H15N3OS/c1-3-8-16-9-7-13-11-12-6-5-10(14-11)15-4-2/h1,5-6H,4,7-9H2,2H3,(H,12,13,14). The zero-order valence-corrected chi connectivity index (χ0v) is 10.1. The van der Waals surface area contributed by atoms with Crippen LogP contribution in [-0.2, 0) is 0 Å². The lowest BCUT2D eigenvalue weighted by Crippen LogP contribution is -2.08. The summed E-state index contributed by atoms with van der Waals surface area (Å²) in [5.74, 6) is 5.43. The van der Waals surface area contributed by atoms with Crippen LogP contribution in [-0.4, -0.2) is 34.6 Å². The zero-order valence-electron chi connectivity index (χ0n) is 9.27. The van der Waals surface area contributed by atoms with Crippen molar-refractivity contribution in [1.29, 1.82) is 0 Å². The topological polar surface area (TPSA) is 47.0 Å². The lowest BCUT2D eigenvalue weighted by molar-refractivity contribution is 0.326. The van der Waals surface area contributed by atoms with E-state index in [1.165, 1.54) is 0 Å². The van der Waals surface area contributed by atoms with E-state index in [0.29, 0.717) is 18.4 Å². The third-order valence-electron chi connectivity index (χ3n) is 1.64. The number of nitrogens with one attached hydrogen (secondary N) is 1. The summed E-state index contributed by atoms with van der Waals surface area (Å²) in [6.07, 6.45) is 6.82. The number of nitrogens with zero attached hydrogens (tertiary/aromatic N) is 2. The minimum atomic E-state index is 0.590. The second kappa shape index (κ2) is 7.83. The van der Waals surface area contributed by atoms with Crippen LogP contribution in [0.3, 0.4) is 0 Å². The summed E-state index contributed by atoms with van der Waals surface area (Å²) >= 11 is 1.70. The van der Waals surface area contributed by atoms with Crippen molar-refractivity contribution in [2.45, 2.75) is 6.92 Å². The second-order valence-corrected chi connectivity index (χ2v) is 3.94. The maximum Gasteiger partial charge on any atom is 0.225 e. The summed E-state index contributed by atoms with van der Waals surface area (Å²) in [5.41, 5.74) is 0. The van der Waals surface area contributed by atoms with Crippen molar-refractivity contribution in [2.75, 3.05) is 30.0 Å². The molecule has 0 unspecified atom stereocenters. The van der Waals surface area contributed by atoms with Crippen molar-refractivity contribution in [1.82, 2.24) is 9.97 Å². The predicted octanol–water partition coefficient (Wildman–Crippen LogP) is 1.65. The van der Waals surface area contributed by atoms with E-state index in [1.54, 1.807) is 24.0 Å². The highest BCUT2D eigenvalue weighted by Crippen LogP contribution is 2.08. The van der Waals surface area contributed by atoms with Crippen LogP contribution >= 0.6 is 11.8 Å². The van der Waals surface area contributed by atoms with Crippen molar-refractivity contribution >= 4 is 17.7 Å². The first kappa shape index (κ1) is 12.7. The van der Waals surface area contributed by atoms with Gasteiger partial charge in [-0.15, -0.1) is 18.2 Å². The molecule has 0 amide bonds. The summed E-state index contributed by atoms with van der Waals surface area (Å²) in [4.78, 5) is 8.27. The predicted molar refractivity (Wildman–Crippen MR) is 67.8 cm³/mol. The highest BCUT2D eigenvalue weighted by Gasteiger charge is 1.98. The van der Waals surface area contributed by atoms with Gasteiger partial charge >= 0.3 is 0 Å². The lowest BCUT2D eigenvalue weighted by Gasteiger charge is -2.05. The Bertz CT molecular complexity index is 351. The number of thioether (sulfide) groups is 1. The third-order valence-corrected chi connectivity index (χ3v) is 2.50. The van der Waals surface area contributed by atoms with E-state index in [4.69, 9.17) is 11.2 Å². The number of anilines is 1. The van der Waals surface area contributed by atoms with Gasteiger partial charge in [0.25, 0.3) is 0 Å². The van der Waals surface area contributed by atoms with Gasteiger partial charge in [0, 0.05) is 24.6 Å². The fourth-order valence-electron chi connectivity index (χ4n) is 1.02. The average Bonchev–Trinajstić information content (AvgIpc) is 2.30. The van der Waals surface area contributed by atoms with Crippen LogP contribution in [0.5, 0.6) is 5.88 Å². The van der Waals surface area contributed by atoms with E-state index < -0.39 is 0 Å². The monoisotopic (exact) mass is 237 g/mol. The molecule has 0 aliphatic carbocycles. The fraction of sp³-hybridized carbons (Fsp3) is 0.455. The Balaban J connectivity index is 2.30. The van der Waals surface area contributed by atoms with E-state index >= 15 is 0 Å². The molecule has 0 saturated carbocycles. The maximum absolute atomic E-state index is 5.27. The molecule has 0 aliphatic rings. The molecule has 1 N–H and O–H groups in total. The van der Waals surface area contributed by atoms with E-state index in [0.717, 1.165) is 18.1 Å². The molecular weight excluding hydrogens is 222 g/mol. The maximum atomic E-state index is 5.27. The molecule has 1 heterocycles. The molecule has 0 bridgehead atoms. The SMILES string of the molecule is C#CCSCCNc1nccc(OCC)n1. The Morgan fingerprint density at radius 1 is 1.62 bits per heavy atom. The van der Waals surface area contributed by atoms with Crippen LogP contribution in [0.15, 0.2) is 12.3 Å². The van der Waals surface area contributed by atoms with Gasteiger partial charge in [0.05, 0.1) is 12.4 Å². The number of terminal acetylenes is 1. The highest BCUT2D eigenvalue weighted by molar-refractivity contribution is 7.99. The number of aromatic nitrogens is 2. The summed E-state index contributed by atoms with van der Waals surface area (Å²) in [6, 6.07) is 1.74. The van der Waals surface area contributed by atoms with Gasteiger partial charge < -0.3 is 10.1 Å². The normalized spacial score (nSPS) is 9.50. The Morgan fingerprint density at radius 2 is 2.50 bits per heavy atom. The fourth-order valence-corrected chi connectivity index (χ4v) is 1.53. The van der Waals surface area contributed by atoms with Crippen LogP contribution in [0.1, 0.15) is 6.92 Å². The second-order valence-electron chi connectivity index (χ2n) is 2.83. The Morgan fingerprint density at radius 3 is 3.25 bits per heavy atom. The van der Waals surface area contributed by atoms with E-state index in [-0.39, 0.29) is 0 Å². The summed E-state index contributed by atoms with van der Waals surface area (Å²) in [7, 11) is 0. The van der Waals surface area contributed by atoms with Gasteiger partial charge in [-0.3, -0.25) is 0 Å². The van der Waals surface area contributed by atoms with Gasteiger partial charge in [0.2, 0.25) is 11.8 Å². The largest absolute Gasteiger partial charge is 0.478 e. The molecule has 1 aromatic rings. The Kier molecular flexibility index (Phi) is 6.19. The molecular formula is C11H15N3OS. The zero-order chi connectivity index (χ0) is 11.6. The molecule has 1 aromatic heterocycles. The van der Waals surface area contributed by atoms with Crippen LogP contribution in [0, 0.1) is 12.3 Å². The molecule has 0 aliphatic heterocycles. The number of hydrogen-bond acceptors (Lipinski definition) is 5. The minimum Gasteiger partial charge on any atom is -0.478 e. The van der Waals surface area contributed by atoms with Crippen LogP contribution < -0.4 is 10.1 Å². The molecule has 5 heteroatoms. The van der Waals surface area contributed by atoms with Crippen LogP contribution in [0.4, 0.5) is 5.95 Å². The quantitative estimate of drug-likeness (QED) is 0.577. The molecule has 0 atom stereocenters. The Hall–Kier alpha value is -1.41. The first-order valence-electron chi connectivity index (χ1n) is 5.07. The first-order chi connectivity index (χ1) is 7.86. The molecule has 0 saturated heterocycles. The van der Waals surface area contributed by atoms with Gasteiger partial charge in [-0.25, -0.2) is 4.98 Å². The molecule has 0 radical (unpaired) electrons. The van der Waals surface area contributed by atoms with Crippen LogP contribution in [0.25, 0.3) is 0 Å². The summed E-state index contributed by atoms with van der Waals surface area (Å²) in [5, 5.41) is 3.11. The van der Waals surface area contributed by atoms with Crippen LogP contribution in [0.2, 0.25) is 0 Å². The molecule has 0 aromatic carbocycles. The van der Waals surface area contributed by atoms with Gasteiger partial charge in [0.15, 0.2) is 0 Å².